The monoisotopic (exact) mass is 286 g/mol. The number of carbonyl (C=O) groups excluding carboxylic acids is 1. The van der Waals surface area contributed by atoms with Crippen molar-refractivity contribution in [2.45, 2.75) is 34.1 Å². The van der Waals surface area contributed by atoms with Gasteiger partial charge in [0.25, 0.3) is 0 Å². The molecule has 0 aliphatic carbocycles. The molecule has 2 rings (SSSR count). The summed E-state index contributed by atoms with van der Waals surface area (Å²) in [6, 6.07) is 9.95. The number of halogens is 1. The summed E-state index contributed by atoms with van der Waals surface area (Å²) in [7, 11) is 0. The lowest BCUT2D eigenvalue weighted by Gasteiger charge is -2.10. The van der Waals surface area contributed by atoms with Crippen molar-refractivity contribution in [3.63, 3.8) is 0 Å². The topological polar surface area (TPSA) is 17.1 Å². The Labute approximate surface area is 125 Å². The van der Waals surface area contributed by atoms with Crippen molar-refractivity contribution >= 4 is 17.4 Å². The summed E-state index contributed by atoms with van der Waals surface area (Å²) in [4.78, 5) is 12.5. The van der Waals surface area contributed by atoms with Crippen molar-refractivity contribution in [2.24, 2.45) is 0 Å². The number of rotatable bonds is 3. The Kier molecular flexibility index (Phi) is 4.29. The molecular formula is C18H19ClO. The van der Waals surface area contributed by atoms with Gasteiger partial charge in [-0.3, -0.25) is 4.79 Å². The number of ketones is 1. The molecule has 1 nitrogen and oxygen atoms in total. The van der Waals surface area contributed by atoms with Crippen LogP contribution in [-0.4, -0.2) is 5.78 Å². The Bertz CT molecular complexity index is 671. The lowest BCUT2D eigenvalue weighted by molar-refractivity contribution is 0.0993. The van der Waals surface area contributed by atoms with E-state index in [2.05, 4.69) is 18.2 Å². The molecule has 20 heavy (non-hydrogen) atoms. The SMILES string of the molecule is Cc1ccc(C)c(CC(=O)c2cc(C)c(C)cc2Cl)c1. The van der Waals surface area contributed by atoms with Crippen LogP contribution in [0.2, 0.25) is 5.02 Å². The summed E-state index contributed by atoms with van der Waals surface area (Å²) in [6.07, 6.45) is 0.399. The van der Waals surface area contributed by atoms with E-state index in [4.69, 9.17) is 11.6 Å². The highest BCUT2D eigenvalue weighted by Crippen LogP contribution is 2.23. The average Bonchev–Trinajstić information content (AvgIpc) is 2.38. The van der Waals surface area contributed by atoms with Gasteiger partial charge in [0.15, 0.2) is 5.78 Å². The second-order valence-corrected chi connectivity index (χ2v) is 5.85. The van der Waals surface area contributed by atoms with Gasteiger partial charge in [0, 0.05) is 12.0 Å². The quantitative estimate of drug-likeness (QED) is 0.726. The minimum atomic E-state index is 0.0757. The summed E-state index contributed by atoms with van der Waals surface area (Å²) >= 11 is 6.21. The Balaban J connectivity index is 2.33. The van der Waals surface area contributed by atoms with E-state index in [0.29, 0.717) is 17.0 Å². The van der Waals surface area contributed by atoms with Crippen molar-refractivity contribution < 1.29 is 4.79 Å². The lowest BCUT2D eigenvalue weighted by atomic mass is 9.96. The fourth-order valence-corrected chi connectivity index (χ4v) is 2.58. The van der Waals surface area contributed by atoms with Gasteiger partial charge in [0.1, 0.15) is 0 Å². The molecule has 104 valence electrons. The van der Waals surface area contributed by atoms with E-state index in [0.717, 1.165) is 22.3 Å². The first kappa shape index (κ1) is 14.8. The van der Waals surface area contributed by atoms with Crippen LogP contribution in [0.3, 0.4) is 0 Å². The molecule has 0 fully saturated rings. The van der Waals surface area contributed by atoms with Crippen LogP contribution >= 0.6 is 11.6 Å². The van der Waals surface area contributed by atoms with Crippen LogP contribution in [0.4, 0.5) is 0 Å². The van der Waals surface area contributed by atoms with Crippen molar-refractivity contribution in [1.29, 1.82) is 0 Å². The molecule has 0 saturated carbocycles. The van der Waals surface area contributed by atoms with E-state index in [-0.39, 0.29) is 5.78 Å². The second kappa shape index (κ2) is 5.80. The molecule has 0 spiro atoms. The number of hydrogen-bond acceptors (Lipinski definition) is 1. The van der Waals surface area contributed by atoms with Crippen molar-refractivity contribution in [3.8, 4) is 0 Å². The highest BCUT2D eigenvalue weighted by Gasteiger charge is 2.14. The number of hydrogen-bond donors (Lipinski definition) is 0. The fourth-order valence-electron chi connectivity index (χ4n) is 2.25. The zero-order valence-electron chi connectivity index (χ0n) is 12.4. The summed E-state index contributed by atoms with van der Waals surface area (Å²) in [5, 5.41) is 0.545. The van der Waals surface area contributed by atoms with Crippen molar-refractivity contribution in [1.82, 2.24) is 0 Å². The molecular weight excluding hydrogens is 268 g/mol. The first-order chi connectivity index (χ1) is 9.38. The van der Waals surface area contributed by atoms with Gasteiger partial charge in [-0.25, -0.2) is 0 Å². The van der Waals surface area contributed by atoms with Gasteiger partial charge in [-0.15, -0.1) is 0 Å². The van der Waals surface area contributed by atoms with E-state index in [1.54, 1.807) is 0 Å². The van der Waals surface area contributed by atoms with Crippen molar-refractivity contribution in [2.75, 3.05) is 0 Å². The Morgan fingerprint density at radius 3 is 2.30 bits per heavy atom. The van der Waals surface area contributed by atoms with Crippen LogP contribution in [0.1, 0.15) is 38.2 Å². The third kappa shape index (κ3) is 3.10. The minimum Gasteiger partial charge on any atom is -0.294 e. The molecule has 0 unspecified atom stereocenters. The van der Waals surface area contributed by atoms with E-state index in [1.807, 2.05) is 39.8 Å². The molecule has 0 aromatic heterocycles. The first-order valence-corrected chi connectivity index (χ1v) is 7.12. The largest absolute Gasteiger partial charge is 0.294 e. The van der Waals surface area contributed by atoms with Gasteiger partial charge >= 0.3 is 0 Å². The maximum absolute atomic E-state index is 12.5. The van der Waals surface area contributed by atoms with Crippen LogP contribution in [0, 0.1) is 27.7 Å². The average molecular weight is 287 g/mol. The maximum atomic E-state index is 12.5. The molecule has 0 amide bonds. The van der Waals surface area contributed by atoms with E-state index >= 15 is 0 Å². The molecule has 0 bridgehead atoms. The summed E-state index contributed by atoms with van der Waals surface area (Å²) in [6.45, 7) is 8.07. The standard InChI is InChI=1S/C18H19ClO/c1-11-5-6-12(2)15(7-11)10-18(20)16-8-13(3)14(4)9-17(16)19/h5-9H,10H2,1-4H3. The van der Waals surface area contributed by atoms with Crippen LogP contribution in [0.25, 0.3) is 0 Å². The molecule has 0 radical (unpaired) electrons. The molecule has 2 heteroatoms. The normalized spacial score (nSPS) is 10.7. The van der Waals surface area contributed by atoms with E-state index < -0.39 is 0 Å². The van der Waals surface area contributed by atoms with Gasteiger partial charge in [0.05, 0.1) is 5.02 Å². The molecule has 2 aromatic rings. The highest BCUT2D eigenvalue weighted by molar-refractivity contribution is 6.34. The third-order valence-electron chi connectivity index (χ3n) is 3.74. The number of carbonyl (C=O) groups is 1. The van der Waals surface area contributed by atoms with Crippen LogP contribution in [-0.2, 0) is 6.42 Å². The van der Waals surface area contributed by atoms with Crippen LogP contribution in [0.15, 0.2) is 30.3 Å². The maximum Gasteiger partial charge on any atom is 0.168 e. The summed E-state index contributed by atoms with van der Waals surface area (Å²) in [5.41, 5.74) is 6.21. The molecule has 0 aliphatic rings. The van der Waals surface area contributed by atoms with Gasteiger partial charge < -0.3 is 0 Å². The lowest BCUT2D eigenvalue weighted by Crippen LogP contribution is -2.07. The zero-order chi connectivity index (χ0) is 14.9. The van der Waals surface area contributed by atoms with Gasteiger partial charge in [0.2, 0.25) is 0 Å². The second-order valence-electron chi connectivity index (χ2n) is 5.45. The molecule has 0 heterocycles. The van der Waals surface area contributed by atoms with Gasteiger partial charge in [-0.05, 0) is 62.1 Å². The first-order valence-electron chi connectivity index (χ1n) is 6.74. The molecule has 0 saturated heterocycles. The Morgan fingerprint density at radius 1 is 0.950 bits per heavy atom. The van der Waals surface area contributed by atoms with Crippen LogP contribution < -0.4 is 0 Å². The molecule has 0 atom stereocenters. The predicted molar refractivity (Wildman–Crippen MR) is 84.9 cm³/mol. The smallest absolute Gasteiger partial charge is 0.168 e. The third-order valence-corrected chi connectivity index (χ3v) is 4.05. The summed E-state index contributed by atoms with van der Waals surface area (Å²) < 4.78 is 0. The minimum absolute atomic E-state index is 0.0757. The Hall–Kier alpha value is -1.60. The number of benzene rings is 2. The molecule has 0 aliphatic heterocycles. The number of aryl methyl sites for hydroxylation is 4. The summed E-state index contributed by atoms with van der Waals surface area (Å²) in [5.74, 6) is 0.0757. The van der Waals surface area contributed by atoms with E-state index in [1.165, 1.54) is 5.56 Å². The Morgan fingerprint density at radius 2 is 1.60 bits per heavy atom. The highest BCUT2D eigenvalue weighted by atomic mass is 35.5. The van der Waals surface area contributed by atoms with E-state index in [9.17, 15) is 4.79 Å². The van der Waals surface area contributed by atoms with Gasteiger partial charge in [-0.1, -0.05) is 35.4 Å². The predicted octanol–water partition coefficient (Wildman–Crippen LogP) is 5.00. The molecule has 0 N–H and O–H groups in total. The number of Topliss-reactive ketones (excluding diaryl/α,β-unsaturated/α-hetero) is 1. The van der Waals surface area contributed by atoms with Gasteiger partial charge in [-0.2, -0.15) is 0 Å². The fraction of sp³-hybridized carbons (Fsp3) is 0.278. The van der Waals surface area contributed by atoms with Crippen molar-refractivity contribution in [3.05, 3.63) is 68.7 Å². The zero-order valence-corrected chi connectivity index (χ0v) is 13.1. The molecule has 2 aromatic carbocycles. The van der Waals surface area contributed by atoms with Crippen LogP contribution in [0.5, 0.6) is 0 Å².